The molecule has 1 rings (SSSR count). The highest BCUT2D eigenvalue weighted by Crippen LogP contribution is 2.22. The topological polar surface area (TPSA) is 55.1 Å². The first-order valence-corrected chi connectivity index (χ1v) is 4.69. The monoisotopic (exact) mass is 250 g/mol. The van der Waals surface area contributed by atoms with Gasteiger partial charge in [-0.05, 0) is 18.2 Å². The number of nitrogens with two attached hydrogens (primary N) is 1. The van der Waals surface area contributed by atoms with Gasteiger partial charge in [-0.25, -0.2) is 4.39 Å². The molecule has 0 aliphatic carbocycles. The van der Waals surface area contributed by atoms with E-state index in [4.69, 9.17) is 5.73 Å². The van der Waals surface area contributed by atoms with E-state index in [1.165, 1.54) is 6.07 Å². The molecule has 0 unspecified atom stereocenters. The van der Waals surface area contributed by atoms with E-state index >= 15 is 0 Å². The van der Waals surface area contributed by atoms with Crippen molar-refractivity contribution in [2.24, 2.45) is 0 Å². The van der Waals surface area contributed by atoms with Gasteiger partial charge in [0.15, 0.2) is 0 Å². The molecular formula is C10H10F4N2O. The minimum Gasteiger partial charge on any atom is -0.396 e. The van der Waals surface area contributed by atoms with Crippen molar-refractivity contribution < 1.29 is 22.4 Å². The first kappa shape index (κ1) is 13.3. The Balaban J connectivity index is 2.54. The molecule has 1 amide bonds. The smallest absolute Gasteiger partial charge is 0.389 e. The van der Waals surface area contributed by atoms with E-state index in [0.29, 0.717) is 0 Å². The number of benzene rings is 1. The molecule has 0 radical (unpaired) electrons. The van der Waals surface area contributed by atoms with Crippen LogP contribution in [-0.2, 0) is 4.79 Å². The van der Waals surface area contributed by atoms with Gasteiger partial charge in [0.05, 0.1) is 12.1 Å². The normalized spacial score (nSPS) is 11.3. The zero-order valence-corrected chi connectivity index (χ0v) is 8.64. The van der Waals surface area contributed by atoms with E-state index in [9.17, 15) is 22.4 Å². The van der Waals surface area contributed by atoms with Gasteiger partial charge in [0.2, 0.25) is 5.91 Å². The number of carbonyl (C=O) groups is 1. The maximum absolute atomic E-state index is 12.8. The minimum absolute atomic E-state index is 0.163. The molecule has 3 nitrogen and oxygen atoms in total. The maximum Gasteiger partial charge on any atom is 0.389 e. The second-order valence-corrected chi connectivity index (χ2v) is 3.40. The quantitative estimate of drug-likeness (QED) is 0.640. The van der Waals surface area contributed by atoms with E-state index in [1.54, 1.807) is 0 Å². The Morgan fingerprint density at radius 1 is 1.35 bits per heavy atom. The van der Waals surface area contributed by atoms with Crippen LogP contribution in [0.2, 0.25) is 0 Å². The molecule has 0 saturated heterocycles. The summed E-state index contributed by atoms with van der Waals surface area (Å²) in [6.07, 6.45) is -6.25. The van der Waals surface area contributed by atoms with Crippen molar-refractivity contribution in [1.29, 1.82) is 0 Å². The molecule has 0 fully saturated rings. The number of halogens is 4. The molecule has 0 bridgehead atoms. The van der Waals surface area contributed by atoms with E-state index in [-0.39, 0.29) is 11.4 Å². The second kappa shape index (κ2) is 5.03. The van der Waals surface area contributed by atoms with E-state index < -0.39 is 30.7 Å². The molecule has 0 spiro atoms. The Morgan fingerprint density at radius 3 is 2.53 bits per heavy atom. The van der Waals surface area contributed by atoms with Gasteiger partial charge in [0.25, 0.3) is 0 Å². The van der Waals surface area contributed by atoms with Crippen LogP contribution in [0, 0.1) is 5.82 Å². The number of alkyl halides is 3. The summed E-state index contributed by atoms with van der Waals surface area (Å²) in [4.78, 5) is 11.1. The highest BCUT2D eigenvalue weighted by atomic mass is 19.4. The fourth-order valence-electron chi connectivity index (χ4n) is 1.10. The third kappa shape index (κ3) is 4.71. The summed E-state index contributed by atoms with van der Waals surface area (Å²) in [6.45, 7) is 0. The highest BCUT2D eigenvalue weighted by molar-refractivity contribution is 5.91. The summed E-state index contributed by atoms with van der Waals surface area (Å²) < 4.78 is 48.2. The molecule has 0 saturated carbocycles. The van der Waals surface area contributed by atoms with Crippen LogP contribution in [0.25, 0.3) is 0 Å². The van der Waals surface area contributed by atoms with Crippen LogP contribution in [0.3, 0.4) is 0 Å². The molecule has 0 heterocycles. The third-order valence-corrected chi connectivity index (χ3v) is 1.92. The number of hydrogen-bond acceptors (Lipinski definition) is 2. The Labute approximate surface area is 94.6 Å². The number of nitrogen functional groups attached to an aromatic ring is 1. The lowest BCUT2D eigenvalue weighted by molar-refractivity contribution is -0.142. The van der Waals surface area contributed by atoms with Gasteiger partial charge in [-0.3, -0.25) is 4.79 Å². The Hall–Kier alpha value is -1.79. The standard InChI is InChI=1S/C10H10F4N2O/c11-7-2-1-6(5-8(7)15)16-9(17)3-4-10(12,13)14/h1-2,5H,3-4,15H2,(H,16,17). The van der Waals surface area contributed by atoms with Crippen LogP contribution in [0.1, 0.15) is 12.8 Å². The summed E-state index contributed by atoms with van der Waals surface area (Å²) in [5.74, 6) is -1.45. The fourth-order valence-corrected chi connectivity index (χ4v) is 1.10. The SMILES string of the molecule is Nc1cc(NC(=O)CCC(F)(F)F)ccc1F. The fraction of sp³-hybridized carbons (Fsp3) is 0.300. The summed E-state index contributed by atoms with van der Waals surface area (Å²) >= 11 is 0. The average Bonchev–Trinajstić information content (AvgIpc) is 2.20. The van der Waals surface area contributed by atoms with Gasteiger partial charge in [0, 0.05) is 12.1 Å². The first-order chi connectivity index (χ1) is 7.78. The lowest BCUT2D eigenvalue weighted by Crippen LogP contribution is -2.16. The van der Waals surface area contributed by atoms with Crippen molar-refractivity contribution >= 4 is 17.3 Å². The van der Waals surface area contributed by atoms with Gasteiger partial charge >= 0.3 is 6.18 Å². The number of nitrogens with one attached hydrogen (secondary N) is 1. The highest BCUT2D eigenvalue weighted by Gasteiger charge is 2.27. The molecule has 17 heavy (non-hydrogen) atoms. The molecular weight excluding hydrogens is 240 g/mol. The average molecular weight is 250 g/mol. The lowest BCUT2D eigenvalue weighted by atomic mass is 10.2. The molecule has 0 atom stereocenters. The molecule has 3 N–H and O–H groups in total. The van der Waals surface area contributed by atoms with E-state index in [0.717, 1.165) is 12.1 Å². The summed E-state index contributed by atoms with van der Waals surface area (Å²) in [5, 5.41) is 2.20. The zero-order valence-electron chi connectivity index (χ0n) is 8.64. The van der Waals surface area contributed by atoms with Crippen LogP contribution in [0.5, 0.6) is 0 Å². The van der Waals surface area contributed by atoms with Crippen molar-refractivity contribution in [3.63, 3.8) is 0 Å². The van der Waals surface area contributed by atoms with Crippen LogP contribution in [-0.4, -0.2) is 12.1 Å². The molecule has 1 aromatic rings. The molecule has 7 heteroatoms. The first-order valence-electron chi connectivity index (χ1n) is 4.69. The number of carbonyl (C=O) groups excluding carboxylic acids is 1. The van der Waals surface area contributed by atoms with Crippen LogP contribution in [0.4, 0.5) is 28.9 Å². The van der Waals surface area contributed by atoms with Gasteiger partial charge in [-0.15, -0.1) is 0 Å². The summed E-state index contributed by atoms with van der Waals surface area (Å²) in [5.41, 5.74) is 5.21. The zero-order chi connectivity index (χ0) is 13.1. The molecule has 94 valence electrons. The van der Waals surface area contributed by atoms with Crippen LogP contribution in [0.15, 0.2) is 18.2 Å². The van der Waals surface area contributed by atoms with Crippen molar-refractivity contribution in [3.8, 4) is 0 Å². The van der Waals surface area contributed by atoms with Gasteiger partial charge in [0.1, 0.15) is 5.82 Å². The Bertz CT molecular complexity index is 417. The van der Waals surface area contributed by atoms with E-state index in [2.05, 4.69) is 5.32 Å². The molecule has 0 aliphatic heterocycles. The second-order valence-electron chi connectivity index (χ2n) is 3.40. The molecule has 0 aromatic heterocycles. The Kier molecular flexibility index (Phi) is 3.93. The van der Waals surface area contributed by atoms with Crippen molar-refractivity contribution in [2.45, 2.75) is 19.0 Å². The van der Waals surface area contributed by atoms with Crippen LogP contribution < -0.4 is 11.1 Å². The van der Waals surface area contributed by atoms with Crippen molar-refractivity contribution in [3.05, 3.63) is 24.0 Å². The largest absolute Gasteiger partial charge is 0.396 e. The van der Waals surface area contributed by atoms with Crippen molar-refractivity contribution in [2.75, 3.05) is 11.1 Å². The summed E-state index contributed by atoms with van der Waals surface area (Å²) in [7, 11) is 0. The molecule has 0 aliphatic rings. The minimum atomic E-state index is -4.38. The van der Waals surface area contributed by atoms with Crippen LogP contribution >= 0.6 is 0 Å². The van der Waals surface area contributed by atoms with E-state index in [1.807, 2.05) is 0 Å². The summed E-state index contributed by atoms with van der Waals surface area (Å²) in [6, 6.07) is 3.38. The van der Waals surface area contributed by atoms with Crippen molar-refractivity contribution in [1.82, 2.24) is 0 Å². The maximum atomic E-state index is 12.8. The van der Waals surface area contributed by atoms with Gasteiger partial charge < -0.3 is 11.1 Å². The third-order valence-electron chi connectivity index (χ3n) is 1.92. The number of anilines is 2. The van der Waals surface area contributed by atoms with Gasteiger partial charge in [-0.1, -0.05) is 0 Å². The Morgan fingerprint density at radius 2 is 2.00 bits per heavy atom. The predicted octanol–water partition coefficient (Wildman–Crippen LogP) is 2.69. The lowest BCUT2D eigenvalue weighted by Gasteiger charge is -2.08. The van der Waals surface area contributed by atoms with Gasteiger partial charge in [-0.2, -0.15) is 13.2 Å². The molecule has 1 aromatic carbocycles. The number of amides is 1. The predicted molar refractivity (Wildman–Crippen MR) is 54.7 cm³/mol. The number of rotatable bonds is 3. The number of hydrogen-bond donors (Lipinski definition) is 2.